The summed E-state index contributed by atoms with van der Waals surface area (Å²) in [5, 5.41) is 6.86. The number of rotatable bonds is 7. The van der Waals surface area contributed by atoms with Gasteiger partial charge in [-0.2, -0.15) is 0 Å². The van der Waals surface area contributed by atoms with Gasteiger partial charge in [0.2, 0.25) is 0 Å². The number of hydrogen-bond donors (Lipinski definition) is 2. The Morgan fingerprint density at radius 3 is 2.48 bits per heavy atom. The van der Waals surface area contributed by atoms with Crippen LogP contribution in [0.2, 0.25) is 0 Å². The molecule has 0 aliphatic carbocycles. The smallest absolute Gasteiger partial charge is 0.191 e. The largest absolute Gasteiger partial charge is 0.357 e. The number of guanidine groups is 1. The van der Waals surface area contributed by atoms with E-state index in [-0.39, 0.29) is 24.0 Å². The molecular weight excluding hydrogens is 445 g/mol. The van der Waals surface area contributed by atoms with Gasteiger partial charge in [-0.1, -0.05) is 6.92 Å². The van der Waals surface area contributed by atoms with Gasteiger partial charge >= 0.3 is 0 Å². The van der Waals surface area contributed by atoms with Crippen LogP contribution in [0.25, 0.3) is 0 Å². The van der Waals surface area contributed by atoms with Gasteiger partial charge in [0.25, 0.3) is 0 Å². The van der Waals surface area contributed by atoms with Crippen LogP contribution in [0.15, 0.2) is 17.1 Å². The van der Waals surface area contributed by atoms with Gasteiger partial charge in [-0.3, -0.25) is 4.90 Å². The van der Waals surface area contributed by atoms with E-state index in [0.29, 0.717) is 6.04 Å². The van der Waals surface area contributed by atoms with Crippen LogP contribution in [0.4, 0.5) is 0 Å². The van der Waals surface area contributed by atoms with Crippen LogP contribution in [-0.4, -0.2) is 67.6 Å². The fourth-order valence-corrected chi connectivity index (χ4v) is 3.78. The highest BCUT2D eigenvalue weighted by atomic mass is 127. The van der Waals surface area contributed by atoms with E-state index in [9.17, 15) is 0 Å². The Hall–Kier alpha value is -0.380. The average molecular weight is 479 g/mol. The van der Waals surface area contributed by atoms with Crippen LogP contribution in [0.3, 0.4) is 0 Å². The molecule has 1 atom stereocenters. The van der Waals surface area contributed by atoms with E-state index >= 15 is 0 Å². The standard InChI is InChI=1S/C18H33N5S.HI/c1-5-19-18(21-14-17-8-7-16(4)24-17)20-13-15(3)23-11-9-22(6-2)10-12-23;/h7-8,15H,5-6,9-14H2,1-4H3,(H2,19,20,21);1H. The van der Waals surface area contributed by atoms with Gasteiger partial charge in [0.05, 0.1) is 6.54 Å². The Morgan fingerprint density at radius 2 is 1.92 bits per heavy atom. The van der Waals surface area contributed by atoms with Crippen molar-refractivity contribution in [1.29, 1.82) is 0 Å². The second-order valence-electron chi connectivity index (χ2n) is 6.41. The second kappa shape index (κ2) is 12.1. The molecule has 5 nitrogen and oxygen atoms in total. The minimum absolute atomic E-state index is 0. The molecule has 0 radical (unpaired) electrons. The molecule has 2 N–H and O–H groups in total. The van der Waals surface area contributed by atoms with Gasteiger partial charge in [-0.05, 0) is 39.4 Å². The maximum absolute atomic E-state index is 4.72. The molecule has 25 heavy (non-hydrogen) atoms. The highest BCUT2D eigenvalue weighted by Crippen LogP contribution is 2.15. The van der Waals surface area contributed by atoms with Crippen LogP contribution < -0.4 is 10.6 Å². The SMILES string of the molecule is CCNC(=NCc1ccc(C)s1)NCC(C)N1CCN(CC)CC1.I. The molecule has 1 saturated heterocycles. The van der Waals surface area contributed by atoms with Crippen molar-refractivity contribution in [2.45, 2.75) is 40.3 Å². The topological polar surface area (TPSA) is 42.9 Å². The summed E-state index contributed by atoms with van der Waals surface area (Å²) in [6, 6.07) is 4.86. The molecule has 1 fully saturated rings. The fraction of sp³-hybridized carbons (Fsp3) is 0.722. The summed E-state index contributed by atoms with van der Waals surface area (Å²) in [6.07, 6.45) is 0. The van der Waals surface area contributed by atoms with Gasteiger partial charge in [-0.25, -0.2) is 4.99 Å². The lowest BCUT2D eigenvalue weighted by Gasteiger charge is -2.37. The summed E-state index contributed by atoms with van der Waals surface area (Å²) >= 11 is 1.82. The molecule has 7 heteroatoms. The Balaban J connectivity index is 0.00000312. The summed E-state index contributed by atoms with van der Waals surface area (Å²) in [6.45, 7) is 17.2. The zero-order valence-electron chi connectivity index (χ0n) is 16.0. The van der Waals surface area contributed by atoms with E-state index in [1.54, 1.807) is 0 Å². The zero-order chi connectivity index (χ0) is 17.4. The molecule has 1 aromatic rings. The lowest BCUT2D eigenvalue weighted by Crippen LogP contribution is -2.53. The molecule has 1 aliphatic rings. The number of nitrogens with zero attached hydrogens (tertiary/aromatic N) is 3. The van der Waals surface area contributed by atoms with Crippen molar-refractivity contribution >= 4 is 41.3 Å². The molecule has 0 saturated carbocycles. The summed E-state index contributed by atoms with van der Waals surface area (Å²) in [5.74, 6) is 0.919. The number of piperazine rings is 1. The molecule has 2 rings (SSSR count). The second-order valence-corrected chi connectivity index (χ2v) is 7.78. The van der Waals surface area contributed by atoms with Crippen LogP contribution in [-0.2, 0) is 6.54 Å². The molecule has 0 aromatic carbocycles. The number of halogens is 1. The van der Waals surface area contributed by atoms with Crippen molar-refractivity contribution in [3.05, 3.63) is 21.9 Å². The first kappa shape index (κ1) is 22.7. The average Bonchev–Trinajstić information content (AvgIpc) is 3.02. The molecule has 144 valence electrons. The van der Waals surface area contributed by atoms with E-state index in [4.69, 9.17) is 4.99 Å². The quantitative estimate of drug-likeness (QED) is 0.359. The highest BCUT2D eigenvalue weighted by molar-refractivity contribution is 14.0. The molecule has 1 aliphatic heterocycles. The summed E-state index contributed by atoms with van der Waals surface area (Å²) in [5.41, 5.74) is 0. The number of aliphatic imine (C=N–C) groups is 1. The lowest BCUT2D eigenvalue weighted by atomic mass is 10.2. The lowest BCUT2D eigenvalue weighted by molar-refractivity contribution is 0.107. The number of hydrogen-bond acceptors (Lipinski definition) is 4. The third-order valence-electron chi connectivity index (χ3n) is 4.58. The maximum Gasteiger partial charge on any atom is 0.191 e. The summed E-state index contributed by atoms with van der Waals surface area (Å²) < 4.78 is 0. The van der Waals surface area contributed by atoms with E-state index in [0.717, 1.165) is 25.6 Å². The van der Waals surface area contributed by atoms with Crippen LogP contribution >= 0.6 is 35.3 Å². The predicted molar refractivity (Wildman–Crippen MR) is 120 cm³/mol. The molecule has 1 aromatic heterocycles. The van der Waals surface area contributed by atoms with Crippen molar-refractivity contribution in [3.63, 3.8) is 0 Å². The van der Waals surface area contributed by atoms with Gasteiger partial charge in [0.1, 0.15) is 0 Å². The van der Waals surface area contributed by atoms with E-state index in [1.165, 1.54) is 42.5 Å². The van der Waals surface area contributed by atoms with E-state index < -0.39 is 0 Å². The fourth-order valence-electron chi connectivity index (χ4n) is 2.96. The molecule has 0 amide bonds. The van der Waals surface area contributed by atoms with Crippen molar-refractivity contribution in [1.82, 2.24) is 20.4 Å². The zero-order valence-corrected chi connectivity index (χ0v) is 19.2. The first-order valence-corrected chi connectivity index (χ1v) is 9.98. The normalized spacial score (nSPS) is 17.8. The van der Waals surface area contributed by atoms with Crippen molar-refractivity contribution in [2.75, 3.05) is 45.8 Å². The van der Waals surface area contributed by atoms with Gasteiger partial charge < -0.3 is 15.5 Å². The number of aryl methyl sites for hydroxylation is 1. The van der Waals surface area contributed by atoms with Gasteiger partial charge in [-0.15, -0.1) is 35.3 Å². The molecule has 0 spiro atoms. The third kappa shape index (κ3) is 7.80. The molecule has 1 unspecified atom stereocenters. The Bertz CT molecular complexity index is 511. The van der Waals surface area contributed by atoms with E-state index in [1.807, 2.05) is 11.3 Å². The van der Waals surface area contributed by atoms with Crippen LogP contribution in [0, 0.1) is 6.92 Å². The number of nitrogens with one attached hydrogen (secondary N) is 2. The predicted octanol–water partition coefficient (Wildman–Crippen LogP) is 2.76. The Morgan fingerprint density at radius 1 is 1.20 bits per heavy atom. The Kier molecular flexibility index (Phi) is 11.0. The van der Waals surface area contributed by atoms with E-state index in [2.05, 4.69) is 60.3 Å². The summed E-state index contributed by atoms with van der Waals surface area (Å²) in [7, 11) is 0. The minimum atomic E-state index is 0. The van der Waals surface area contributed by atoms with Crippen molar-refractivity contribution < 1.29 is 0 Å². The Labute approximate surface area is 174 Å². The molecule has 0 bridgehead atoms. The first-order valence-electron chi connectivity index (χ1n) is 9.16. The maximum atomic E-state index is 4.72. The van der Waals surface area contributed by atoms with Crippen LogP contribution in [0.5, 0.6) is 0 Å². The van der Waals surface area contributed by atoms with Crippen molar-refractivity contribution in [3.8, 4) is 0 Å². The summed E-state index contributed by atoms with van der Waals surface area (Å²) in [4.78, 5) is 12.5. The number of likely N-dealkylation sites (N-methyl/N-ethyl adjacent to an activating group) is 1. The number of thiophene rings is 1. The van der Waals surface area contributed by atoms with Gasteiger partial charge in [0.15, 0.2) is 5.96 Å². The van der Waals surface area contributed by atoms with Crippen molar-refractivity contribution in [2.24, 2.45) is 4.99 Å². The minimum Gasteiger partial charge on any atom is -0.357 e. The molecule has 2 heterocycles. The van der Waals surface area contributed by atoms with Crippen LogP contribution in [0.1, 0.15) is 30.5 Å². The molecular formula is C18H34IN5S. The van der Waals surface area contributed by atoms with Gasteiger partial charge in [0, 0.05) is 55.1 Å². The first-order chi connectivity index (χ1) is 11.6. The highest BCUT2D eigenvalue weighted by Gasteiger charge is 2.20. The third-order valence-corrected chi connectivity index (χ3v) is 5.56. The monoisotopic (exact) mass is 479 g/mol.